The highest BCUT2D eigenvalue weighted by Crippen LogP contribution is 2.28. The van der Waals surface area contributed by atoms with Gasteiger partial charge < -0.3 is 51.7 Å². The minimum Gasteiger partial charge on any atom is -0.505 e. The Morgan fingerprint density at radius 3 is 2.32 bits per heavy atom. The Balaban J connectivity index is 1.86. The quantitative estimate of drug-likeness (QED) is 0.0984. The maximum atomic E-state index is 13.4. The van der Waals surface area contributed by atoms with E-state index in [2.05, 4.69) is 20.6 Å². The Hall–Kier alpha value is -4.50. The summed E-state index contributed by atoms with van der Waals surface area (Å²) in [4.78, 5) is 81.5. The molecule has 0 radical (unpaired) electrons. The maximum Gasteiger partial charge on any atom is 0.326 e. The zero-order valence-electron chi connectivity index (χ0n) is 23.1. The molecule has 0 aromatic carbocycles. The van der Waals surface area contributed by atoms with Crippen molar-refractivity contribution in [3.63, 3.8) is 0 Å². The molecule has 2 fully saturated rings. The van der Waals surface area contributed by atoms with Crippen molar-refractivity contribution in [3.8, 4) is 5.75 Å². The molecule has 3 heterocycles. The summed E-state index contributed by atoms with van der Waals surface area (Å²) in [5.74, 6) is -7.61. The molecule has 20 nitrogen and oxygen atoms in total. The van der Waals surface area contributed by atoms with E-state index in [0.717, 1.165) is 17.3 Å². The van der Waals surface area contributed by atoms with Crippen LogP contribution in [0.2, 0.25) is 0 Å². The van der Waals surface area contributed by atoms with E-state index in [9.17, 15) is 54.3 Å². The summed E-state index contributed by atoms with van der Waals surface area (Å²) < 4.78 is 5.63. The lowest BCUT2D eigenvalue weighted by atomic mass is 9.94. The Bertz CT molecular complexity index is 1270. The molecule has 242 valence electrons. The fourth-order valence-corrected chi connectivity index (χ4v) is 4.53. The van der Waals surface area contributed by atoms with Crippen LogP contribution >= 0.6 is 0 Å². The van der Waals surface area contributed by atoms with E-state index in [1.165, 1.54) is 6.92 Å². The number of carbonyl (C=O) groups excluding carboxylic acids is 4. The molecule has 5 amide bonds. The lowest BCUT2D eigenvalue weighted by Gasteiger charge is -2.33. The monoisotopic (exact) mass is 627 g/mol. The van der Waals surface area contributed by atoms with Gasteiger partial charge in [0, 0.05) is 25.3 Å². The summed E-state index contributed by atoms with van der Waals surface area (Å²) >= 11 is 0. The summed E-state index contributed by atoms with van der Waals surface area (Å²) in [5.41, 5.74) is 6.03. The van der Waals surface area contributed by atoms with Crippen molar-refractivity contribution in [3.05, 3.63) is 18.2 Å². The Kier molecular flexibility index (Phi) is 11.1. The minimum absolute atomic E-state index is 0.177. The van der Waals surface area contributed by atoms with Crippen molar-refractivity contribution >= 4 is 35.7 Å². The van der Waals surface area contributed by atoms with Crippen molar-refractivity contribution < 1.29 is 64.1 Å². The maximum absolute atomic E-state index is 13.4. The second-order valence-electron chi connectivity index (χ2n) is 10.2. The van der Waals surface area contributed by atoms with Gasteiger partial charge >= 0.3 is 18.0 Å². The number of hydrogen-bond donors (Lipinski definition) is 10. The predicted molar refractivity (Wildman–Crippen MR) is 140 cm³/mol. The van der Waals surface area contributed by atoms with Gasteiger partial charge in [0.25, 0.3) is 0 Å². The standard InChI is InChI=1S/C24H33N7O13/c1-8(15(36)19-26-6-9(32)7-27-19)13(25)20(39)30-14(21(40)28-10(23(41)42)2-3-12(34)35)18-16(37)17(38)22(44-18)31-5-4-11(33)29-24(31)43/h6-8,10,13-18,22,32,36-38H,2-5,25H2,1H3,(H,28,40)(H,30,39)(H,34,35)(H,41,42)(H,29,33,43). The van der Waals surface area contributed by atoms with E-state index < -0.39 is 103 Å². The van der Waals surface area contributed by atoms with Crippen molar-refractivity contribution in [2.24, 2.45) is 11.7 Å². The number of nitrogens with one attached hydrogen (secondary N) is 3. The highest BCUT2D eigenvalue weighted by atomic mass is 16.6. The van der Waals surface area contributed by atoms with Crippen LogP contribution in [0.15, 0.2) is 12.4 Å². The number of rotatable bonds is 13. The second-order valence-corrected chi connectivity index (χ2v) is 10.2. The first-order valence-corrected chi connectivity index (χ1v) is 13.2. The molecular weight excluding hydrogens is 594 g/mol. The molecule has 1 aromatic heterocycles. The average Bonchev–Trinajstić information content (AvgIpc) is 3.25. The van der Waals surface area contributed by atoms with Crippen LogP contribution in [0.1, 0.15) is 38.1 Å². The molecular formula is C24H33N7O13. The third-order valence-electron chi connectivity index (χ3n) is 7.13. The number of aliphatic hydroxyl groups is 3. The number of carbonyl (C=O) groups is 6. The van der Waals surface area contributed by atoms with Crippen LogP contribution in [0, 0.1) is 5.92 Å². The zero-order valence-corrected chi connectivity index (χ0v) is 23.1. The number of aromatic nitrogens is 2. The Morgan fingerprint density at radius 2 is 1.75 bits per heavy atom. The van der Waals surface area contributed by atoms with Crippen molar-refractivity contribution in [1.29, 1.82) is 0 Å². The van der Waals surface area contributed by atoms with Gasteiger partial charge in [0.1, 0.15) is 36.5 Å². The number of nitrogens with two attached hydrogens (primary N) is 1. The third kappa shape index (κ3) is 7.90. The third-order valence-corrected chi connectivity index (χ3v) is 7.13. The summed E-state index contributed by atoms with van der Waals surface area (Å²) in [5, 5.41) is 66.2. The molecule has 2 aliphatic rings. The van der Waals surface area contributed by atoms with Crippen molar-refractivity contribution in [2.45, 2.75) is 75.0 Å². The van der Waals surface area contributed by atoms with Gasteiger partial charge in [-0.2, -0.15) is 0 Å². The van der Waals surface area contributed by atoms with Crippen LogP contribution < -0.4 is 21.7 Å². The smallest absolute Gasteiger partial charge is 0.326 e. The molecule has 0 saturated carbocycles. The second kappa shape index (κ2) is 14.3. The van der Waals surface area contributed by atoms with Crippen LogP contribution in [0.3, 0.4) is 0 Å². The van der Waals surface area contributed by atoms with Crippen LogP contribution in [0.4, 0.5) is 4.79 Å². The van der Waals surface area contributed by atoms with Gasteiger partial charge in [-0.1, -0.05) is 6.92 Å². The number of imide groups is 1. The number of aliphatic carboxylic acids is 2. The largest absolute Gasteiger partial charge is 0.505 e. The first kappa shape index (κ1) is 34.0. The molecule has 0 spiro atoms. The molecule has 1 aromatic rings. The SMILES string of the molecule is CC(C(N)C(=O)NC(C(=O)NC(CCC(=O)O)C(=O)O)C1OC(N2CCC(=O)NC2=O)C(O)C1O)C(O)c1ncc(O)cn1. The molecule has 11 N–H and O–H groups in total. The fourth-order valence-electron chi connectivity index (χ4n) is 4.53. The number of amides is 5. The van der Waals surface area contributed by atoms with E-state index in [4.69, 9.17) is 15.6 Å². The van der Waals surface area contributed by atoms with Gasteiger partial charge in [-0.05, 0) is 6.42 Å². The first-order chi connectivity index (χ1) is 20.6. The summed E-state index contributed by atoms with van der Waals surface area (Å²) in [6, 6.07) is -6.32. The van der Waals surface area contributed by atoms with Crippen LogP contribution in [0.25, 0.3) is 0 Å². The van der Waals surface area contributed by atoms with Gasteiger partial charge in [0.2, 0.25) is 17.7 Å². The molecule has 9 atom stereocenters. The molecule has 0 bridgehead atoms. The molecule has 2 aliphatic heterocycles. The Labute approximate surface area is 248 Å². The predicted octanol–water partition coefficient (Wildman–Crippen LogP) is -4.51. The summed E-state index contributed by atoms with van der Waals surface area (Å²) in [6.45, 7) is 1.11. The van der Waals surface area contributed by atoms with Gasteiger partial charge in [-0.15, -0.1) is 0 Å². The highest BCUT2D eigenvalue weighted by molar-refractivity contribution is 5.97. The van der Waals surface area contributed by atoms with E-state index in [-0.39, 0.29) is 24.5 Å². The topological polar surface area (TPSA) is 324 Å². The number of aromatic hydroxyl groups is 1. The van der Waals surface area contributed by atoms with Gasteiger partial charge in [-0.3, -0.25) is 29.4 Å². The van der Waals surface area contributed by atoms with Crippen LogP contribution in [-0.2, 0) is 28.7 Å². The minimum atomic E-state index is -1.99. The number of urea groups is 1. The average molecular weight is 628 g/mol. The van der Waals surface area contributed by atoms with Crippen molar-refractivity contribution in [2.75, 3.05) is 6.54 Å². The summed E-state index contributed by atoms with van der Waals surface area (Å²) in [7, 11) is 0. The van der Waals surface area contributed by atoms with Crippen LogP contribution in [0.5, 0.6) is 5.75 Å². The van der Waals surface area contributed by atoms with Gasteiger partial charge in [0.15, 0.2) is 17.8 Å². The number of carboxylic acids is 2. The molecule has 20 heteroatoms. The van der Waals surface area contributed by atoms with Gasteiger partial charge in [0.05, 0.1) is 18.4 Å². The first-order valence-electron chi connectivity index (χ1n) is 13.2. The molecule has 0 aliphatic carbocycles. The van der Waals surface area contributed by atoms with Gasteiger partial charge in [-0.25, -0.2) is 19.6 Å². The number of ether oxygens (including phenoxy) is 1. The molecule has 44 heavy (non-hydrogen) atoms. The lowest BCUT2D eigenvalue weighted by Crippen LogP contribution is -2.61. The normalized spacial score (nSPS) is 25.2. The van der Waals surface area contributed by atoms with E-state index in [0.29, 0.717) is 0 Å². The zero-order chi connectivity index (χ0) is 32.9. The fraction of sp³-hybridized carbons (Fsp3) is 0.583. The lowest BCUT2D eigenvalue weighted by molar-refractivity contribution is -0.146. The number of carboxylic acid groups (broad SMARTS) is 2. The number of aliphatic hydroxyl groups excluding tert-OH is 3. The molecule has 2 saturated heterocycles. The Morgan fingerprint density at radius 1 is 1.11 bits per heavy atom. The van der Waals surface area contributed by atoms with E-state index >= 15 is 0 Å². The summed E-state index contributed by atoms with van der Waals surface area (Å²) in [6.07, 6.45) is -8.22. The number of nitrogens with zero attached hydrogens (tertiary/aromatic N) is 3. The van der Waals surface area contributed by atoms with Crippen LogP contribution in [-0.4, -0.2) is 130 Å². The van der Waals surface area contributed by atoms with Crippen molar-refractivity contribution in [1.82, 2.24) is 30.8 Å². The highest BCUT2D eigenvalue weighted by Gasteiger charge is 2.53. The number of hydrogen-bond acceptors (Lipinski definition) is 14. The molecule has 3 rings (SSSR count). The van der Waals surface area contributed by atoms with E-state index in [1.807, 2.05) is 5.32 Å². The molecule has 9 unspecified atom stereocenters. The van der Waals surface area contributed by atoms with E-state index in [1.54, 1.807) is 0 Å².